The molecule has 2 saturated heterocycles. The summed E-state index contributed by atoms with van der Waals surface area (Å²) in [7, 11) is 0. The molecule has 0 aromatic rings. The lowest BCUT2D eigenvalue weighted by molar-refractivity contribution is -0.359. The molecular weight excluding hydrogens is 955 g/mol. The maximum atomic E-state index is 13.2. The molecule has 0 aromatic carbocycles. The van der Waals surface area contributed by atoms with Crippen molar-refractivity contribution in [1.29, 1.82) is 0 Å². The van der Waals surface area contributed by atoms with Crippen molar-refractivity contribution in [3.05, 3.63) is 72.9 Å². The van der Waals surface area contributed by atoms with Gasteiger partial charge in [0.25, 0.3) is 0 Å². The largest absolute Gasteiger partial charge is 0.394 e. The number of rotatable bonds is 46. The summed E-state index contributed by atoms with van der Waals surface area (Å²) >= 11 is 0. The van der Waals surface area contributed by atoms with E-state index < -0.39 is 86.8 Å². The summed E-state index contributed by atoms with van der Waals surface area (Å²) in [4.78, 5) is 13.2. The molecule has 12 unspecified atom stereocenters. The highest BCUT2D eigenvalue weighted by Crippen LogP contribution is 2.30. The Bertz CT molecular complexity index is 1530. The van der Waals surface area contributed by atoms with Gasteiger partial charge in [-0.1, -0.05) is 209 Å². The molecular formula is C61H107NO13. The molecule has 2 fully saturated rings. The number of carbonyl (C=O) groups excluding carboxylic acids is 1. The van der Waals surface area contributed by atoms with Gasteiger partial charge in [0.1, 0.15) is 48.8 Å². The highest BCUT2D eigenvalue weighted by molar-refractivity contribution is 5.76. The van der Waals surface area contributed by atoms with Crippen molar-refractivity contribution in [3.8, 4) is 0 Å². The standard InChI is InChI=1S/C61H107NO13/c1-3-5-7-9-11-13-15-17-19-21-22-23-24-25-26-27-29-30-32-34-36-38-40-42-44-50(65)49(62-53(66)45-43-41-39-37-35-33-31-28-20-18-16-14-12-10-8-6-4-2)48-72-60-58(71)56(69)59(52(47-64)74-60)75-61-57(70)55(68)54(67)51(46-63)73-61/h6,8,12,14,18,20,31,33-34,36,42,44,49-52,54-61,63-65,67-71H,3-5,7,9-11,13,15-17,19,21-30,32,35,37-41,43,45-48H2,1-2H3,(H,62,66)/b8-6-,14-12-,20-18-,33-31-,36-34+,44-42+. The summed E-state index contributed by atoms with van der Waals surface area (Å²) in [5, 5.41) is 87.0. The van der Waals surface area contributed by atoms with Gasteiger partial charge < -0.3 is 65.1 Å². The number of aliphatic hydroxyl groups excluding tert-OH is 8. The second kappa shape index (κ2) is 46.4. The lowest BCUT2D eigenvalue weighted by Crippen LogP contribution is -2.65. The Morgan fingerprint density at radius 1 is 0.493 bits per heavy atom. The van der Waals surface area contributed by atoms with E-state index in [-0.39, 0.29) is 18.9 Å². The number of hydrogen-bond acceptors (Lipinski definition) is 13. The molecule has 0 spiro atoms. The second-order valence-electron chi connectivity index (χ2n) is 20.7. The summed E-state index contributed by atoms with van der Waals surface area (Å²) in [6.45, 7) is 2.65. The zero-order chi connectivity index (χ0) is 54.6. The Labute approximate surface area is 453 Å². The Kier molecular flexibility index (Phi) is 42.4. The fourth-order valence-electron chi connectivity index (χ4n) is 9.36. The van der Waals surface area contributed by atoms with Gasteiger partial charge in [-0.2, -0.15) is 0 Å². The van der Waals surface area contributed by atoms with E-state index in [9.17, 15) is 45.6 Å². The SMILES string of the molecule is CC/C=C\C/C=C\C/C=C\C/C=C\CCCCCCC(=O)NC(COC1OC(CO)C(OC2OC(CO)C(O)C(O)C2O)C(O)C1O)C(O)/C=C/CC/C=C/CCCCCCCCCCCCCCCCCCCC. The van der Waals surface area contributed by atoms with Gasteiger partial charge in [-0.05, 0) is 70.6 Å². The minimum absolute atomic E-state index is 0.242. The van der Waals surface area contributed by atoms with Crippen molar-refractivity contribution in [2.45, 2.75) is 286 Å². The topological polar surface area (TPSA) is 228 Å². The number of hydrogen-bond donors (Lipinski definition) is 9. The fourth-order valence-corrected chi connectivity index (χ4v) is 9.36. The van der Waals surface area contributed by atoms with Crippen LogP contribution in [0.4, 0.5) is 0 Å². The Morgan fingerprint density at radius 2 is 0.933 bits per heavy atom. The molecule has 12 atom stereocenters. The van der Waals surface area contributed by atoms with Crippen molar-refractivity contribution in [3.63, 3.8) is 0 Å². The molecule has 0 saturated carbocycles. The number of unbranched alkanes of at least 4 members (excludes halogenated alkanes) is 23. The number of carbonyl (C=O) groups is 1. The molecule has 1 amide bonds. The Hall–Kier alpha value is -2.57. The highest BCUT2D eigenvalue weighted by atomic mass is 16.7. The van der Waals surface area contributed by atoms with Crippen LogP contribution < -0.4 is 5.32 Å². The number of ether oxygens (including phenoxy) is 4. The third-order valence-corrected chi connectivity index (χ3v) is 14.1. The molecule has 14 nitrogen and oxygen atoms in total. The minimum Gasteiger partial charge on any atom is -0.394 e. The van der Waals surface area contributed by atoms with Crippen molar-refractivity contribution in [2.24, 2.45) is 0 Å². The average molecular weight is 1060 g/mol. The first kappa shape index (κ1) is 68.5. The van der Waals surface area contributed by atoms with Crippen LogP contribution in [0.25, 0.3) is 0 Å². The summed E-state index contributed by atoms with van der Waals surface area (Å²) in [6.07, 6.45) is 43.8. The van der Waals surface area contributed by atoms with Crippen LogP contribution in [0.15, 0.2) is 72.9 Å². The first-order valence-corrected chi connectivity index (χ1v) is 29.7. The van der Waals surface area contributed by atoms with Crippen LogP contribution in [0.1, 0.15) is 213 Å². The molecule has 0 bridgehead atoms. The van der Waals surface area contributed by atoms with E-state index in [4.69, 9.17) is 18.9 Å². The van der Waals surface area contributed by atoms with Gasteiger partial charge in [0.15, 0.2) is 12.6 Å². The fraction of sp³-hybridized carbons (Fsp3) is 0.787. The van der Waals surface area contributed by atoms with E-state index in [1.54, 1.807) is 6.08 Å². The highest BCUT2D eigenvalue weighted by Gasteiger charge is 2.51. The van der Waals surface area contributed by atoms with E-state index in [1.807, 2.05) is 6.08 Å². The van der Waals surface area contributed by atoms with Gasteiger partial charge in [-0.3, -0.25) is 4.79 Å². The minimum atomic E-state index is -1.80. The van der Waals surface area contributed by atoms with Crippen LogP contribution in [-0.2, 0) is 23.7 Å². The van der Waals surface area contributed by atoms with Crippen LogP contribution in [0.2, 0.25) is 0 Å². The van der Waals surface area contributed by atoms with Crippen LogP contribution in [0, 0.1) is 0 Å². The third-order valence-electron chi connectivity index (χ3n) is 14.1. The van der Waals surface area contributed by atoms with Crippen molar-refractivity contribution in [1.82, 2.24) is 5.32 Å². The Balaban J connectivity index is 1.79. The van der Waals surface area contributed by atoms with Crippen LogP contribution >= 0.6 is 0 Å². The number of aliphatic hydroxyl groups is 8. The smallest absolute Gasteiger partial charge is 0.220 e. The van der Waals surface area contributed by atoms with E-state index in [0.717, 1.165) is 64.2 Å². The number of allylic oxidation sites excluding steroid dienone is 11. The van der Waals surface area contributed by atoms with E-state index in [0.29, 0.717) is 12.8 Å². The average Bonchev–Trinajstić information content (AvgIpc) is 3.41. The van der Waals surface area contributed by atoms with Gasteiger partial charge >= 0.3 is 0 Å². The predicted octanol–water partition coefficient (Wildman–Crippen LogP) is 9.94. The van der Waals surface area contributed by atoms with Gasteiger partial charge in [0.05, 0.1) is 32.0 Å². The molecule has 9 N–H and O–H groups in total. The summed E-state index contributed by atoms with van der Waals surface area (Å²) < 4.78 is 22.7. The lowest BCUT2D eigenvalue weighted by atomic mass is 9.97. The van der Waals surface area contributed by atoms with E-state index in [1.165, 1.54) is 116 Å². The lowest BCUT2D eigenvalue weighted by Gasteiger charge is -2.46. The zero-order valence-corrected chi connectivity index (χ0v) is 46.5. The second-order valence-corrected chi connectivity index (χ2v) is 20.7. The maximum Gasteiger partial charge on any atom is 0.220 e. The van der Waals surface area contributed by atoms with Crippen molar-refractivity contribution in [2.75, 3.05) is 19.8 Å². The molecule has 0 aliphatic carbocycles. The zero-order valence-electron chi connectivity index (χ0n) is 46.5. The maximum absolute atomic E-state index is 13.2. The molecule has 2 aliphatic heterocycles. The van der Waals surface area contributed by atoms with Gasteiger partial charge in [0.2, 0.25) is 5.91 Å². The summed E-state index contributed by atoms with van der Waals surface area (Å²) in [5.74, 6) is -0.274. The molecule has 0 radical (unpaired) electrons. The molecule has 14 heteroatoms. The van der Waals surface area contributed by atoms with Crippen LogP contribution in [0.5, 0.6) is 0 Å². The van der Waals surface area contributed by atoms with Gasteiger partial charge in [0, 0.05) is 6.42 Å². The van der Waals surface area contributed by atoms with Crippen LogP contribution in [-0.4, -0.2) is 140 Å². The first-order valence-electron chi connectivity index (χ1n) is 29.7. The third kappa shape index (κ3) is 32.2. The molecule has 2 rings (SSSR count). The number of amides is 1. The van der Waals surface area contributed by atoms with E-state index >= 15 is 0 Å². The normalized spacial score (nSPS) is 25.6. The van der Waals surface area contributed by atoms with Crippen molar-refractivity contribution < 1.29 is 64.6 Å². The molecule has 75 heavy (non-hydrogen) atoms. The van der Waals surface area contributed by atoms with Gasteiger partial charge in [-0.15, -0.1) is 0 Å². The van der Waals surface area contributed by atoms with Crippen molar-refractivity contribution >= 4 is 5.91 Å². The predicted molar refractivity (Wildman–Crippen MR) is 300 cm³/mol. The van der Waals surface area contributed by atoms with Gasteiger partial charge in [-0.25, -0.2) is 0 Å². The van der Waals surface area contributed by atoms with E-state index in [2.05, 4.69) is 79.9 Å². The molecule has 2 aliphatic rings. The first-order chi connectivity index (χ1) is 36.6. The number of nitrogens with one attached hydrogen (secondary N) is 1. The summed E-state index contributed by atoms with van der Waals surface area (Å²) in [6, 6.07) is -0.949. The molecule has 2 heterocycles. The Morgan fingerprint density at radius 3 is 1.47 bits per heavy atom. The monoisotopic (exact) mass is 1060 g/mol. The quantitative estimate of drug-likeness (QED) is 0.0205. The molecule has 0 aromatic heterocycles. The summed E-state index contributed by atoms with van der Waals surface area (Å²) in [5.41, 5.74) is 0. The molecule has 434 valence electrons. The van der Waals surface area contributed by atoms with Crippen LogP contribution in [0.3, 0.4) is 0 Å².